The van der Waals surface area contributed by atoms with Gasteiger partial charge in [0, 0.05) is 5.92 Å². The first-order chi connectivity index (χ1) is 7.88. The van der Waals surface area contributed by atoms with Gasteiger partial charge in [0.15, 0.2) is 11.5 Å². The minimum atomic E-state index is -0.144. The number of nitrogens with one attached hydrogen (secondary N) is 2. The maximum atomic E-state index is 8.91. The molecule has 3 N–H and O–H groups in total. The summed E-state index contributed by atoms with van der Waals surface area (Å²) in [5, 5.41) is 11.7. The third kappa shape index (κ3) is 1.42. The van der Waals surface area contributed by atoms with Crippen LogP contribution in [-0.4, -0.2) is 31.8 Å². The van der Waals surface area contributed by atoms with E-state index in [1.165, 1.54) is 6.42 Å². The molecule has 6 heteroatoms. The van der Waals surface area contributed by atoms with Crippen LogP contribution < -0.4 is 5.32 Å². The maximum absolute atomic E-state index is 8.91. The summed E-state index contributed by atoms with van der Waals surface area (Å²) in [7, 11) is 0. The smallest absolute Gasteiger partial charge is 0.183 e. The van der Waals surface area contributed by atoms with Crippen LogP contribution in [0.15, 0.2) is 6.33 Å². The second-order valence-corrected chi connectivity index (χ2v) is 3.99. The highest BCUT2D eigenvalue weighted by Crippen LogP contribution is 2.35. The van der Waals surface area contributed by atoms with E-state index >= 15 is 0 Å². The van der Waals surface area contributed by atoms with Crippen LogP contribution in [0.2, 0.25) is 0 Å². The van der Waals surface area contributed by atoms with Crippen molar-refractivity contribution >= 4 is 17.0 Å². The predicted molar refractivity (Wildman–Crippen MR) is 59.0 cm³/mol. The average molecular weight is 219 g/mol. The molecule has 1 saturated carbocycles. The topological polar surface area (TPSA) is 86.7 Å². The third-order valence-corrected chi connectivity index (χ3v) is 3.02. The van der Waals surface area contributed by atoms with Gasteiger partial charge < -0.3 is 15.4 Å². The van der Waals surface area contributed by atoms with Gasteiger partial charge in [-0.3, -0.25) is 0 Å². The van der Waals surface area contributed by atoms with Gasteiger partial charge in [0.05, 0.1) is 6.33 Å². The minimum Gasteiger partial charge on any atom is -0.377 e. The van der Waals surface area contributed by atoms with Crippen LogP contribution in [0, 0.1) is 0 Å². The molecule has 2 heterocycles. The molecule has 0 aromatic carbocycles. The first-order valence-electron chi connectivity index (χ1n) is 5.44. The number of nitrogens with zero attached hydrogens (tertiary/aromatic N) is 3. The molecular weight excluding hydrogens is 206 g/mol. The fraction of sp³-hybridized carbons (Fsp3) is 0.500. The Bertz CT molecular complexity index is 505. The molecule has 6 nitrogen and oxygen atoms in total. The molecule has 0 spiro atoms. The van der Waals surface area contributed by atoms with Crippen molar-refractivity contribution in [3.05, 3.63) is 12.2 Å². The Morgan fingerprint density at radius 1 is 1.44 bits per heavy atom. The number of aliphatic hydroxyl groups excluding tert-OH is 1. The zero-order valence-electron chi connectivity index (χ0n) is 8.77. The monoisotopic (exact) mass is 219 g/mol. The summed E-state index contributed by atoms with van der Waals surface area (Å²) in [6.45, 7) is -0.144. The van der Waals surface area contributed by atoms with E-state index in [4.69, 9.17) is 5.11 Å². The Kier molecular flexibility index (Phi) is 2.21. The number of fused-ring (bicyclic) bond motifs is 1. The van der Waals surface area contributed by atoms with Crippen molar-refractivity contribution in [3.8, 4) is 0 Å². The van der Waals surface area contributed by atoms with Crippen molar-refractivity contribution in [1.82, 2.24) is 19.9 Å². The molecule has 0 bridgehead atoms. The number of H-pyrrole nitrogens is 1. The summed E-state index contributed by atoms with van der Waals surface area (Å²) in [6, 6.07) is 0. The lowest BCUT2D eigenvalue weighted by molar-refractivity contribution is 0.325. The number of hydrogen-bond donors (Lipinski definition) is 3. The summed E-state index contributed by atoms with van der Waals surface area (Å²) < 4.78 is 0. The van der Waals surface area contributed by atoms with Crippen LogP contribution in [0.4, 0.5) is 5.82 Å². The van der Waals surface area contributed by atoms with Gasteiger partial charge in [0.1, 0.15) is 18.1 Å². The largest absolute Gasteiger partial charge is 0.377 e. The summed E-state index contributed by atoms with van der Waals surface area (Å²) in [5.41, 5.74) is 1.41. The van der Waals surface area contributed by atoms with E-state index < -0.39 is 0 Å². The number of imidazole rings is 1. The quantitative estimate of drug-likeness (QED) is 0.670. The van der Waals surface area contributed by atoms with E-state index in [1.54, 1.807) is 6.33 Å². The molecule has 1 aliphatic rings. The second-order valence-electron chi connectivity index (χ2n) is 3.99. The number of hydrogen-bond acceptors (Lipinski definition) is 5. The van der Waals surface area contributed by atoms with Crippen molar-refractivity contribution in [2.45, 2.75) is 25.2 Å². The van der Waals surface area contributed by atoms with Gasteiger partial charge in [-0.05, 0) is 12.8 Å². The zero-order valence-corrected chi connectivity index (χ0v) is 8.77. The Balaban J connectivity index is 2.08. The minimum absolute atomic E-state index is 0.144. The Hall–Kier alpha value is -1.69. The van der Waals surface area contributed by atoms with Crippen LogP contribution in [-0.2, 0) is 0 Å². The summed E-state index contributed by atoms with van der Waals surface area (Å²) >= 11 is 0. The van der Waals surface area contributed by atoms with Crippen molar-refractivity contribution in [1.29, 1.82) is 0 Å². The Morgan fingerprint density at radius 3 is 3.00 bits per heavy atom. The normalized spacial score (nSPS) is 16.3. The van der Waals surface area contributed by atoms with Crippen LogP contribution in [0.1, 0.15) is 31.0 Å². The number of aromatic nitrogens is 4. The number of rotatable bonds is 3. The molecule has 16 heavy (non-hydrogen) atoms. The van der Waals surface area contributed by atoms with Gasteiger partial charge in [-0.1, -0.05) is 6.42 Å². The van der Waals surface area contributed by atoms with Gasteiger partial charge in [0.25, 0.3) is 0 Å². The van der Waals surface area contributed by atoms with Crippen LogP contribution in [0.25, 0.3) is 11.2 Å². The SMILES string of the molecule is OCNc1nc(C2CCC2)nc2nc[nH]c12. The fourth-order valence-corrected chi connectivity index (χ4v) is 1.90. The first kappa shape index (κ1) is 9.53. The Morgan fingerprint density at radius 2 is 2.31 bits per heavy atom. The highest BCUT2D eigenvalue weighted by Gasteiger charge is 2.24. The van der Waals surface area contributed by atoms with E-state index in [2.05, 4.69) is 25.3 Å². The number of anilines is 1. The number of aromatic amines is 1. The first-order valence-corrected chi connectivity index (χ1v) is 5.44. The second kappa shape index (κ2) is 3.71. The highest BCUT2D eigenvalue weighted by molar-refractivity contribution is 5.82. The number of aliphatic hydroxyl groups is 1. The maximum Gasteiger partial charge on any atom is 0.183 e. The van der Waals surface area contributed by atoms with E-state index in [1.807, 2.05) is 0 Å². The van der Waals surface area contributed by atoms with E-state index in [0.29, 0.717) is 17.4 Å². The molecular formula is C10H13N5O. The van der Waals surface area contributed by atoms with Gasteiger partial charge >= 0.3 is 0 Å². The molecule has 0 aliphatic heterocycles. The van der Waals surface area contributed by atoms with Crippen molar-refractivity contribution < 1.29 is 5.11 Å². The average Bonchev–Trinajstić information content (AvgIpc) is 2.63. The van der Waals surface area contributed by atoms with E-state index in [9.17, 15) is 0 Å². The van der Waals surface area contributed by atoms with Crippen LogP contribution in [0.5, 0.6) is 0 Å². The third-order valence-electron chi connectivity index (χ3n) is 3.02. The van der Waals surface area contributed by atoms with E-state index in [-0.39, 0.29) is 6.73 Å². The van der Waals surface area contributed by atoms with Gasteiger partial charge in [-0.2, -0.15) is 0 Å². The summed E-state index contributed by atoms with van der Waals surface area (Å²) in [4.78, 5) is 16.0. The molecule has 3 rings (SSSR count). The molecule has 0 unspecified atom stereocenters. The molecule has 1 fully saturated rings. The van der Waals surface area contributed by atoms with Crippen molar-refractivity contribution in [2.24, 2.45) is 0 Å². The molecule has 0 amide bonds. The predicted octanol–water partition coefficient (Wildman–Crippen LogP) is 0.982. The van der Waals surface area contributed by atoms with Gasteiger partial charge in [-0.25, -0.2) is 15.0 Å². The van der Waals surface area contributed by atoms with E-state index in [0.717, 1.165) is 24.2 Å². The molecule has 0 saturated heterocycles. The van der Waals surface area contributed by atoms with Gasteiger partial charge in [0.2, 0.25) is 0 Å². The highest BCUT2D eigenvalue weighted by atomic mass is 16.3. The fourth-order valence-electron chi connectivity index (χ4n) is 1.90. The molecule has 84 valence electrons. The van der Waals surface area contributed by atoms with Gasteiger partial charge in [-0.15, -0.1) is 0 Å². The molecule has 1 aliphatic carbocycles. The lowest BCUT2D eigenvalue weighted by Gasteiger charge is -2.23. The lowest BCUT2D eigenvalue weighted by atomic mass is 9.85. The Labute approximate surface area is 92.1 Å². The van der Waals surface area contributed by atoms with Crippen LogP contribution >= 0.6 is 0 Å². The van der Waals surface area contributed by atoms with Crippen molar-refractivity contribution in [2.75, 3.05) is 12.0 Å². The standard InChI is InChI=1S/C10H13N5O/c16-5-13-10-7-9(12-4-11-7)14-8(15-10)6-2-1-3-6/h4,6,16H,1-3,5H2,(H2,11,12,13,14,15). The van der Waals surface area contributed by atoms with Crippen molar-refractivity contribution in [3.63, 3.8) is 0 Å². The molecule has 0 radical (unpaired) electrons. The molecule has 0 atom stereocenters. The molecule has 2 aromatic rings. The lowest BCUT2D eigenvalue weighted by Crippen LogP contribution is -2.14. The van der Waals surface area contributed by atoms with Crippen LogP contribution in [0.3, 0.4) is 0 Å². The zero-order chi connectivity index (χ0) is 11.0. The molecule has 2 aromatic heterocycles. The summed E-state index contributed by atoms with van der Waals surface area (Å²) in [5.74, 6) is 1.93. The summed E-state index contributed by atoms with van der Waals surface area (Å²) in [6.07, 6.45) is 5.13.